The predicted octanol–water partition coefficient (Wildman–Crippen LogP) is 4.68. The predicted molar refractivity (Wildman–Crippen MR) is 96.1 cm³/mol. The number of nitrogens with zero attached hydrogens (tertiary/aromatic N) is 1. The van der Waals surface area contributed by atoms with Gasteiger partial charge in [0.1, 0.15) is 5.75 Å². The molecule has 24 heavy (non-hydrogen) atoms. The highest BCUT2D eigenvalue weighted by molar-refractivity contribution is 5.77. The van der Waals surface area contributed by atoms with Gasteiger partial charge in [0.25, 0.3) is 5.69 Å². The summed E-state index contributed by atoms with van der Waals surface area (Å²) in [5.74, 6) is 0.534. The molecule has 0 amide bonds. The van der Waals surface area contributed by atoms with E-state index in [0.29, 0.717) is 24.5 Å². The second-order valence-corrected chi connectivity index (χ2v) is 5.71. The minimum atomic E-state index is -0.368. The molecule has 0 aromatic heterocycles. The Balaban J connectivity index is 2.22. The van der Waals surface area contributed by atoms with Crippen molar-refractivity contribution in [2.24, 2.45) is 5.73 Å². The molecule has 5 nitrogen and oxygen atoms in total. The SMILES string of the molecule is CCCCCCOc1ccc(-c2ccccc2CN)c([N+](=O)[O-])c1. The summed E-state index contributed by atoms with van der Waals surface area (Å²) in [4.78, 5) is 11.1. The Labute approximate surface area is 142 Å². The number of hydrogen-bond donors (Lipinski definition) is 1. The minimum absolute atomic E-state index is 0.0435. The second-order valence-electron chi connectivity index (χ2n) is 5.71. The summed E-state index contributed by atoms with van der Waals surface area (Å²) in [5, 5.41) is 11.5. The topological polar surface area (TPSA) is 78.4 Å². The fourth-order valence-electron chi connectivity index (χ4n) is 2.66. The van der Waals surface area contributed by atoms with E-state index in [0.717, 1.165) is 24.0 Å². The molecule has 5 heteroatoms. The van der Waals surface area contributed by atoms with E-state index in [2.05, 4.69) is 6.92 Å². The highest BCUT2D eigenvalue weighted by Crippen LogP contribution is 2.35. The van der Waals surface area contributed by atoms with Gasteiger partial charge < -0.3 is 10.5 Å². The maximum atomic E-state index is 11.5. The summed E-state index contributed by atoms with van der Waals surface area (Å²) in [6.45, 7) is 3.07. The third kappa shape index (κ3) is 4.55. The third-order valence-electron chi connectivity index (χ3n) is 3.96. The van der Waals surface area contributed by atoms with Crippen LogP contribution in [-0.2, 0) is 6.54 Å². The molecule has 0 bridgehead atoms. The lowest BCUT2D eigenvalue weighted by molar-refractivity contribution is -0.384. The summed E-state index contributed by atoms with van der Waals surface area (Å²) in [6, 6.07) is 12.5. The molecule has 0 unspecified atom stereocenters. The monoisotopic (exact) mass is 328 g/mol. The molecular formula is C19H24N2O3. The van der Waals surface area contributed by atoms with Crippen LogP contribution in [0, 0.1) is 10.1 Å². The quantitative estimate of drug-likeness (QED) is 0.412. The van der Waals surface area contributed by atoms with Crippen LogP contribution in [-0.4, -0.2) is 11.5 Å². The van der Waals surface area contributed by atoms with Crippen LogP contribution >= 0.6 is 0 Å². The minimum Gasteiger partial charge on any atom is -0.493 e. The average molecular weight is 328 g/mol. The lowest BCUT2D eigenvalue weighted by Gasteiger charge is -2.11. The lowest BCUT2D eigenvalue weighted by Crippen LogP contribution is -2.02. The molecule has 128 valence electrons. The molecule has 0 saturated heterocycles. The Morgan fingerprint density at radius 1 is 1.08 bits per heavy atom. The Hall–Kier alpha value is -2.40. The number of rotatable bonds is 9. The van der Waals surface area contributed by atoms with E-state index in [4.69, 9.17) is 10.5 Å². The Morgan fingerprint density at radius 2 is 1.88 bits per heavy atom. The number of ether oxygens (including phenoxy) is 1. The lowest BCUT2D eigenvalue weighted by atomic mass is 9.98. The number of nitro groups is 1. The molecule has 0 heterocycles. The van der Waals surface area contributed by atoms with E-state index in [9.17, 15) is 10.1 Å². The molecule has 2 aromatic rings. The van der Waals surface area contributed by atoms with Gasteiger partial charge in [-0.15, -0.1) is 0 Å². The normalized spacial score (nSPS) is 10.6. The molecule has 2 rings (SSSR count). The van der Waals surface area contributed by atoms with Crippen molar-refractivity contribution in [2.75, 3.05) is 6.61 Å². The van der Waals surface area contributed by atoms with Crippen LogP contribution in [0.2, 0.25) is 0 Å². The molecule has 0 radical (unpaired) electrons. The highest BCUT2D eigenvalue weighted by Gasteiger charge is 2.18. The number of benzene rings is 2. The molecule has 0 aliphatic rings. The van der Waals surface area contributed by atoms with Crippen LogP contribution in [0.5, 0.6) is 5.75 Å². The number of nitrogens with two attached hydrogens (primary N) is 1. The fraction of sp³-hybridized carbons (Fsp3) is 0.368. The molecule has 0 spiro atoms. The molecule has 0 aliphatic carbocycles. The van der Waals surface area contributed by atoms with Crippen LogP contribution in [0.3, 0.4) is 0 Å². The fourth-order valence-corrected chi connectivity index (χ4v) is 2.66. The summed E-state index contributed by atoms with van der Waals surface area (Å²) < 4.78 is 5.66. The molecule has 0 aliphatic heterocycles. The first-order valence-electron chi connectivity index (χ1n) is 8.37. The van der Waals surface area contributed by atoms with Crippen molar-refractivity contribution in [3.05, 3.63) is 58.1 Å². The van der Waals surface area contributed by atoms with E-state index in [1.807, 2.05) is 24.3 Å². The first-order chi connectivity index (χ1) is 11.7. The van der Waals surface area contributed by atoms with E-state index >= 15 is 0 Å². The zero-order chi connectivity index (χ0) is 17.4. The molecule has 0 saturated carbocycles. The van der Waals surface area contributed by atoms with Gasteiger partial charge in [0.05, 0.1) is 23.2 Å². The average Bonchev–Trinajstić information content (AvgIpc) is 2.61. The summed E-state index contributed by atoms with van der Waals surface area (Å²) >= 11 is 0. The van der Waals surface area contributed by atoms with Crippen molar-refractivity contribution in [1.82, 2.24) is 0 Å². The van der Waals surface area contributed by atoms with E-state index in [1.54, 1.807) is 12.1 Å². The number of hydrogen-bond acceptors (Lipinski definition) is 4. The van der Waals surface area contributed by atoms with Gasteiger partial charge in [-0.3, -0.25) is 10.1 Å². The van der Waals surface area contributed by atoms with Gasteiger partial charge in [0, 0.05) is 6.54 Å². The number of nitro benzene ring substituents is 1. The molecular weight excluding hydrogens is 304 g/mol. The largest absolute Gasteiger partial charge is 0.493 e. The van der Waals surface area contributed by atoms with Gasteiger partial charge >= 0.3 is 0 Å². The molecule has 0 fully saturated rings. The summed E-state index contributed by atoms with van der Waals surface area (Å²) in [7, 11) is 0. The second kappa shape index (κ2) is 9.03. The van der Waals surface area contributed by atoms with Gasteiger partial charge in [-0.2, -0.15) is 0 Å². The zero-order valence-corrected chi connectivity index (χ0v) is 14.0. The van der Waals surface area contributed by atoms with Crippen LogP contribution < -0.4 is 10.5 Å². The van der Waals surface area contributed by atoms with Gasteiger partial charge in [-0.25, -0.2) is 0 Å². The smallest absolute Gasteiger partial charge is 0.280 e. The van der Waals surface area contributed by atoms with E-state index < -0.39 is 0 Å². The zero-order valence-electron chi connectivity index (χ0n) is 14.0. The van der Waals surface area contributed by atoms with Crippen LogP contribution in [0.25, 0.3) is 11.1 Å². The summed E-state index contributed by atoms with van der Waals surface area (Å²) in [6.07, 6.45) is 4.42. The maximum Gasteiger partial charge on any atom is 0.280 e. The van der Waals surface area contributed by atoms with Crippen LogP contribution in [0.4, 0.5) is 5.69 Å². The first-order valence-corrected chi connectivity index (χ1v) is 8.37. The van der Waals surface area contributed by atoms with Gasteiger partial charge in [-0.1, -0.05) is 50.5 Å². The Kier molecular flexibility index (Phi) is 6.75. The van der Waals surface area contributed by atoms with Crippen LogP contribution in [0.1, 0.15) is 38.2 Å². The van der Waals surface area contributed by atoms with Crippen molar-refractivity contribution >= 4 is 5.69 Å². The highest BCUT2D eigenvalue weighted by atomic mass is 16.6. The molecule has 2 N–H and O–H groups in total. The van der Waals surface area contributed by atoms with Crippen molar-refractivity contribution in [3.8, 4) is 16.9 Å². The van der Waals surface area contributed by atoms with Crippen molar-refractivity contribution < 1.29 is 9.66 Å². The van der Waals surface area contributed by atoms with Crippen molar-refractivity contribution in [2.45, 2.75) is 39.2 Å². The van der Waals surface area contributed by atoms with Crippen molar-refractivity contribution in [3.63, 3.8) is 0 Å². The summed E-state index contributed by atoms with van der Waals surface area (Å²) in [5.41, 5.74) is 8.04. The standard InChI is InChI=1S/C19H24N2O3/c1-2-3-4-7-12-24-16-10-11-18(19(13-16)21(22)23)17-9-6-5-8-15(17)14-20/h5-6,8-11,13H,2-4,7,12,14,20H2,1H3. The Morgan fingerprint density at radius 3 is 2.58 bits per heavy atom. The maximum absolute atomic E-state index is 11.5. The first kappa shape index (κ1) is 17.9. The van der Waals surface area contributed by atoms with Gasteiger partial charge in [0.15, 0.2) is 0 Å². The van der Waals surface area contributed by atoms with E-state index in [1.165, 1.54) is 18.9 Å². The molecule has 2 aromatic carbocycles. The van der Waals surface area contributed by atoms with E-state index in [-0.39, 0.29) is 10.6 Å². The van der Waals surface area contributed by atoms with Crippen molar-refractivity contribution in [1.29, 1.82) is 0 Å². The van der Waals surface area contributed by atoms with Gasteiger partial charge in [-0.05, 0) is 29.7 Å². The number of unbranched alkanes of at least 4 members (excludes halogenated alkanes) is 3. The van der Waals surface area contributed by atoms with Gasteiger partial charge in [0.2, 0.25) is 0 Å². The molecule has 0 atom stereocenters. The van der Waals surface area contributed by atoms with Crippen LogP contribution in [0.15, 0.2) is 42.5 Å². The third-order valence-corrected chi connectivity index (χ3v) is 3.96. The Bertz CT molecular complexity index is 686.